The third kappa shape index (κ3) is 1.60. The highest BCUT2D eigenvalue weighted by atomic mass is 16.5. The number of amides is 1. The summed E-state index contributed by atoms with van der Waals surface area (Å²) in [6.45, 7) is 0. The van der Waals surface area contributed by atoms with Crippen LogP contribution in [0.15, 0.2) is 6.33 Å². The summed E-state index contributed by atoms with van der Waals surface area (Å²) in [5.41, 5.74) is 0.550. The number of aromatic nitrogens is 2. The van der Waals surface area contributed by atoms with Crippen LogP contribution in [0.25, 0.3) is 0 Å². The van der Waals surface area contributed by atoms with Crippen LogP contribution in [0, 0.1) is 5.92 Å². The third-order valence-electron chi connectivity index (χ3n) is 3.43. The molecule has 0 bridgehead atoms. The Morgan fingerprint density at radius 3 is 3.12 bits per heavy atom. The van der Waals surface area contributed by atoms with E-state index in [1.807, 2.05) is 0 Å². The van der Waals surface area contributed by atoms with Gasteiger partial charge in [0.05, 0.1) is 13.0 Å². The Bertz CT molecular complexity index is 463. The summed E-state index contributed by atoms with van der Waals surface area (Å²) < 4.78 is 5.13. The van der Waals surface area contributed by atoms with Gasteiger partial charge in [0.2, 0.25) is 11.8 Å². The van der Waals surface area contributed by atoms with Gasteiger partial charge < -0.3 is 15.4 Å². The van der Waals surface area contributed by atoms with Crippen molar-refractivity contribution in [2.24, 2.45) is 5.92 Å². The highest BCUT2D eigenvalue weighted by Gasteiger charge is 2.37. The fourth-order valence-corrected chi connectivity index (χ4v) is 2.58. The molecule has 2 heterocycles. The van der Waals surface area contributed by atoms with E-state index >= 15 is 0 Å². The molecule has 1 aliphatic heterocycles. The molecule has 0 spiro atoms. The van der Waals surface area contributed by atoms with Crippen LogP contribution in [0.1, 0.15) is 19.3 Å². The summed E-state index contributed by atoms with van der Waals surface area (Å²) in [7, 11) is 1.53. The minimum Gasteiger partial charge on any atom is -0.479 e. The van der Waals surface area contributed by atoms with Crippen molar-refractivity contribution >= 4 is 17.4 Å². The largest absolute Gasteiger partial charge is 0.479 e. The van der Waals surface area contributed by atoms with Gasteiger partial charge in [-0.1, -0.05) is 6.42 Å². The molecule has 1 saturated carbocycles. The number of carbonyl (C=O) groups excluding carboxylic acids is 1. The smallest absolute Gasteiger partial charge is 0.242 e. The predicted octanol–water partition coefficient (Wildman–Crippen LogP) is 1.02. The van der Waals surface area contributed by atoms with Crippen molar-refractivity contribution in [3.05, 3.63) is 6.33 Å². The van der Waals surface area contributed by atoms with Gasteiger partial charge in [-0.15, -0.1) is 0 Å². The van der Waals surface area contributed by atoms with Crippen LogP contribution >= 0.6 is 0 Å². The fraction of sp³-hybridized carbons (Fsp3) is 0.545. The van der Waals surface area contributed by atoms with E-state index in [1.54, 1.807) is 0 Å². The van der Waals surface area contributed by atoms with Gasteiger partial charge >= 0.3 is 0 Å². The maximum absolute atomic E-state index is 12.1. The Balaban J connectivity index is 2.03. The minimum absolute atomic E-state index is 0.0221. The first-order valence-corrected chi connectivity index (χ1v) is 5.76. The zero-order valence-corrected chi connectivity index (χ0v) is 9.56. The van der Waals surface area contributed by atoms with Gasteiger partial charge in [0.15, 0.2) is 5.82 Å². The maximum Gasteiger partial charge on any atom is 0.242 e. The van der Waals surface area contributed by atoms with Crippen molar-refractivity contribution in [3.63, 3.8) is 0 Å². The van der Waals surface area contributed by atoms with Crippen LogP contribution in [-0.4, -0.2) is 29.0 Å². The molecule has 2 aliphatic rings. The quantitative estimate of drug-likeness (QED) is 0.758. The molecule has 0 radical (unpaired) electrons. The topological polar surface area (TPSA) is 76.1 Å². The summed E-state index contributed by atoms with van der Waals surface area (Å²) >= 11 is 0. The Kier molecular flexibility index (Phi) is 2.35. The number of ether oxygens (including phenoxy) is 1. The lowest BCUT2D eigenvalue weighted by Crippen LogP contribution is -2.30. The average molecular weight is 234 g/mol. The highest BCUT2D eigenvalue weighted by Crippen LogP contribution is 2.37. The minimum atomic E-state index is 0.0221. The molecular weight excluding hydrogens is 220 g/mol. The van der Waals surface area contributed by atoms with E-state index in [0.717, 1.165) is 19.3 Å². The molecule has 0 aromatic carbocycles. The zero-order chi connectivity index (χ0) is 11.8. The standard InChI is InChI=1S/C11H14N4O2/c1-17-11-8-9(12-5-13-11)14-7-4-2-3-6(7)10(16)15-8/h5-7H,2-4H2,1H3,(H,15,16)(H,12,13,14). The second kappa shape index (κ2) is 3.87. The van der Waals surface area contributed by atoms with E-state index in [0.29, 0.717) is 17.4 Å². The van der Waals surface area contributed by atoms with Gasteiger partial charge in [0, 0.05) is 6.04 Å². The number of nitrogens with one attached hydrogen (secondary N) is 2. The lowest BCUT2D eigenvalue weighted by molar-refractivity contribution is -0.119. The maximum atomic E-state index is 12.1. The summed E-state index contributed by atoms with van der Waals surface area (Å²) in [5, 5.41) is 6.17. The van der Waals surface area contributed by atoms with E-state index < -0.39 is 0 Å². The van der Waals surface area contributed by atoms with Crippen molar-refractivity contribution in [1.29, 1.82) is 0 Å². The van der Waals surface area contributed by atoms with Crippen LogP contribution in [0.3, 0.4) is 0 Å². The van der Waals surface area contributed by atoms with Crippen molar-refractivity contribution in [3.8, 4) is 5.88 Å². The molecule has 1 aromatic heterocycles. The molecular formula is C11H14N4O2. The van der Waals surface area contributed by atoms with Crippen molar-refractivity contribution < 1.29 is 9.53 Å². The molecule has 1 aliphatic carbocycles. The van der Waals surface area contributed by atoms with Gasteiger partial charge in [-0.05, 0) is 12.8 Å². The lowest BCUT2D eigenvalue weighted by atomic mass is 10.0. The van der Waals surface area contributed by atoms with Gasteiger partial charge in [-0.3, -0.25) is 4.79 Å². The van der Waals surface area contributed by atoms with Crippen molar-refractivity contribution in [1.82, 2.24) is 9.97 Å². The summed E-state index contributed by atoms with van der Waals surface area (Å²) in [4.78, 5) is 20.2. The second-order valence-corrected chi connectivity index (χ2v) is 4.38. The number of anilines is 2. The van der Waals surface area contributed by atoms with Gasteiger partial charge in [0.25, 0.3) is 0 Å². The summed E-state index contributed by atoms with van der Waals surface area (Å²) in [6, 6.07) is 0.177. The number of methoxy groups -OCH3 is 1. The Morgan fingerprint density at radius 2 is 2.29 bits per heavy atom. The third-order valence-corrected chi connectivity index (χ3v) is 3.43. The first kappa shape index (κ1) is 10.3. The summed E-state index contributed by atoms with van der Waals surface area (Å²) in [5.74, 6) is 1.11. The predicted molar refractivity (Wildman–Crippen MR) is 62.0 cm³/mol. The summed E-state index contributed by atoms with van der Waals surface area (Å²) in [6.07, 6.45) is 4.44. The molecule has 1 aromatic rings. The molecule has 1 amide bonds. The molecule has 0 saturated heterocycles. The van der Waals surface area contributed by atoms with E-state index in [-0.39, 0.29) is 17.9 Å². The van der Waals surface area contributed by atoms with Gasteiger partial charge in [-0.25, -0.2) is 4.98 Å². The normalized spacial score (nSPS) is 26.3. The molecule has 17 heavy (non-hydrogen) atoms. The van der Waals surface area contributed by atoms with E-state index in [9.17, 15) is 4.79 Å². The second-order valence-electron chi connectivity index (χ2n) is 4.38. The van der Waals surface area contributed by atoms with Crippen LogP contribution in [0.2, 0.25) is 0 Å². The number of hydrogen-bond acceptors (Lipinski definition) is 5. The fourth-order valence-electron chi connectivity index (χ4n) is 2.58. The first-order chi connectivity index (χ1) is 8.29. The number of rotatable bonds is 1. The van der Waals surface area contributed by atoms with E-state index in [1.165, 1.54) is 13.4 Å². The SMILES string of the molecule is COc1ncnc2c1NC(=O)C1CCCC1N2. The Labute approximate surface area is 98.8 Å². The molecule has 6 nitrogen and oxygen atoms in total. The van der Waals surface area contributed by atoms with Gasteiger partial charge in [-0.2, -0.15) is 4.98 Å². The number of nitrogens with zero attached hydrogens (tertiary/aromatic N) is 2. The lowest BCUT2D eigenvalue weighted by Gasteiger charge is -2.15. The van der Waals surface area contributed by atoms with E-state index in [4.69, 9.17) is 4.74 Å². The molecule has 2 atom stereocenters. The molecule has 2 unspecified atom stereocenters. The average Bonchev–Trinajstić information content (AvgIpc) is 2.74. The van der Waals surface area contributed by atoms with Crippen LogP contribution in [0.5, 0.6) is 5.88 Å². The Morgan fingerprint density at radius 1 is 1.41 bits per heavy atom. The van der Waals surface area contributed by atoms with Crippen molar-refractivity contribution in [2.75, 3.05) is 17.7 Å². The molecule has 1 fully saturated rings. The zero-order valence-electron chi connectivity index (χ0n) is 9.56. The van der Waals surface area contributed by atoms with Crippen LogP contribution < -0.4 is 15.4 Å². The monoisotopic (exact) mass is 234 g/mol. The number of carbonyl (C=O) groups is 1. The first-order valence-electron chi connectivity index (χ1n) is 5.76. The molecule has 90 valence electrons. The van der Waals surface area contributed by atoms with Crippen molar-refractivity contribution in [2.45, 2.75) is 25.3 Å². The number of hydrogen-bond donors (Lipinski definition) is 2. The molecule has 6 heteroatoms. The van der Waals surface area contributed by atoms with Crippen LogP contribution in [-0.2, 0) is 4.79 Å². The number of fused-ring (bicyclic) bond motifs is 2. The molecule has 2 N–H and O–H groups in total. The van der Waals surface area contributed by atoms with Crippen LogP contribution in [0.4, 0.5) is 11.5 Å². The molecule has 3 rings (SSSR count). The van der Waals surface area contributed by atoms with E-state index in [2.05, 4.69) is 20.6 Å². The van der Waals surface area contributed by atoms with Gasteiger partial charge in [0.1, 0.15) is 12.0 Å². The highest BCUT2D eigenvalue weighted by molar-refractivity contribution is 5.98. The Hall–Kier alpha value is -1.85.